The van der Waals surface area contributed by atoms with Gasteiger partial charge in [-0.3, -0.25) is 0 Å². The standard InChI is InChI=1S/C12H11BrN4S/c13-9-3-1-2-8(6-9)7-16-12-15-5-4-10(17-12)11(14)18/h1-6H,7H2,(H2,14,18)(H,15,16,17). The van der Waals surface area contributed by atoms with Gasteiger partial charge in [-0.25, -0.2) is 9.97 Å². The second kappa shape index (κ2) is 5.88. The molecule has 6 heteroatoms. The Balaban J connectivity index is 2.06. The Hall–Kier alpha value is -1.53. The van der Waals surface area contributed by atoms with Crippen LogP contribution in [0.25, 0.3) is 0 Å². The average Bonchev–Trinajstić information content (AvgIpc) is 2.37. The van der Waals surface area contributed by atoms with Gasteiger partial charge in [-0.1, -0.05) is 40.3 Å². The molecule has 0 unspecified atom stereocenters. The molecule has 0 atom stereocenters. The predicted octanol–water partition coefficient (Wildman–Crippen LogP) is 2.49. The summed E-state index contributed by atoms with van der Waals surface area (Å²) in [5.41, 5.74) is 7.22. The van der Waals surface area contributed by atoms with Crippen molar-refractivity contribution in [2.24, 2.45) is 5.73 Å². The van der Waals surface area contributed by atoms with Crippen LogP contribution in [-0.2, 0) is 6.54 Å². The van der Waals surface area contributed by atoms with Crippen LogP contribution in [0.5, 0.6) is 0 Å². The van der Waals surface area contributed by atoms with Crippen molar-refractivity contribution in [3.63, 3.8) is 0 Å². The summed E-state index contributed by atoms with van der Waals surface area (Å²) in [4.78, 5) is 8.59. The van der Waals surface area contributed by atoms with Crippen molar-refractivity contribution >= 4 is 39.1 Å². The number of benzene rings is 1. The third-order valence-corrected chi connectivity index (χ3v) is 2.95. The summed E-state index contributed by atoms with van der Waals surface area (Å²) in [6.45, 7) is 0.639. The molecule has 0 saturated heterocycles. The first kappa shape index (κ1) is 12.9. The van der Waals surface area contributed by atoms with Crippen molar-refractivity contribution in [1.82, 2.24) is 9.97 Å². The molecule has 0 radical (unpaired) electrons. The smallest absolute Gasteiger partial charge is 0.223 e. The maximum atomic E-state index is 5.52. The van der Waals surface area contributed by atoms with Gasteiger partial charge in [-0.15, -0.1) is 0 Å². The van der Waals surface area contributed by atoms with Gasteiger partial charge in [-0.05, 0) is 23.8 Å². The summed E-state index contributed by atoms with van der Waals surface area (Å²) < 4.78 is 1.04. The molecule has 2 aromatic rings. The van der Waals surface area contributed by atoms with Gasteiger partial charge in [0, 0.05) is 17.2 Å². The highest BCUT2D eigenvalue weighted by Crippen LogP contribution is 2.12. The third-order valence-electron chi connectivity index (χ3n) is 2.25. The van der Waals surface area contributed by atoms with Crippen molar-refractivity contribution < 1.29 is 0 Å². The molecule has 92 valence electrons. The number of anilines is 1. The maximum Gasteiger partial charge on any atom is 0.223 e. The fourth-order valence-electron chi connectivity index (χ4n) is 1.41. The van der Waals surface area contributed by atoms with E-state index in [0.717, 1.165) is 10.0 Å². The molecule has 3 N–H and O–H groups in total. The van der Waals surface area contributed by atoms with Crippen LogP contribution in [0.15, 0.2) is 41.0 Å². The highest BCUT2D eigenvalue weighted by atomic mass is 79.9. The van der Waals surface area contributed by atoms with Crippen LogP contribution in [0.2, 0.25) is 0 Å². The Bertz CT molecular complexity index is 574. The van der Waals surface area contributed by atoms with Gasteiger partial charge in [0.2, 0.25) is 5.95 Å². The molecule has 0 bridgehead atoms. The normalized spacial score (nSPS) is 10.1. The number of halogens is 1. The van der Waals surface area contributed by atoms with Crippen LogP contribution in [0.3, 0.4) is 0 Å². The fourth-order valence-corrected chi connectivity index (χ4v) is 1.97. The molecule has 0 saturated carbocycles. The highest BCUT2D eigenvalue weighted by Gasteiger charge is 2.01. The molecule has 2 rings (SSSR count). The van der Waals surface area contributed by atoms with E-state index in [1.165, 1.54) is 0 Å². The van der Waals surface area contributed by atoms with E-state index in [9.17, 15) is 0 Å². The number of nitrogens with zero attached hydrogens (tertiary/aromatic N) is 2. The Labute approximate surface area is 119 Å². The number of rotatable bonds is 4. The van der Waals surface area contributed by atoms with E-state index in [1.54, 1.807) is 12.3 Å². The summed E-state index contributed by atoms with van der Waals surface area (Å²) in [7, 11) is 0. The largest absolute Gasteiger partial charge is 0.388 e. The molecule has 0 spiro atoms. The summed E-state index contributed by atoms with van der Waals surface area (Å²) in [5, 5.41) is 3.13. The van der Waals surface area contributed by atoms with E-state index in [0.29, 0.717) is 18.2 Å². The molecule has 0 aliphatic carbocycles. The Morgan fingerprint density at radius 3 is 2.94 bits per heavy atom. The first-order valence-electron chi connectivity index (χ1n) is 5.26. The van der Waals surface area contributed by atoms with Crippen molar-refractivity contribution in [1.29, 1.82) is 0 Å². The Morgan fingerprint density at radius 1 is 1.39 bits per heavy atom. The van der Waals surface area contributed by atoms with Crippen LogP contribution >= 0.6 is 28.1 Å². The molecule has 0 aliphatic heterocycles. The lowest BCUT2D eigenvalue weighted by atomic mass is 10.2. The van der Waals surface area contributed by atoms with Crippen LogP contribution in [0, 0.1) is 0 Å². The van der Waals surface area contributed by atoms with Crippen LogP contribution in [0.1, 0.15) is 11.3 Å². The predicted molar refractivity (Wildman–Crippen MR) is 79.4 cm³/mol. The zero-order chi connectivity index (χ0) is 13.0. The molecule has 0 amide bonds. The van der Waals surface area contributed by atoms with Gasteiger partial charge in [0.15, 0.2) is 0 Å². The lowest BCUT2D eigenvalue weighted by molar-refractivity contribution is 1.05. The van der Waals surface area contributed by atoms with E-state index in [-0.39, 0.29) is 4.99 Å². The molecule has 1 aromatic heterocycles. The molecule has 1 aromatic carbocycles. The maximum absolute atomic E-state index is 5.52. The Kier molecular flexibility index (Phi) is 4.22. The van der Waals surface area contributed by atoms with Gasteiger partial charge in [0.05, 0.1) is 0 Å². The monoisotopic (exact) mass is 322 g/mol. The number of hydrogen-bond acceptors (Lipinski definition) is 4. The van der Waals surface area contributed by atoms with Crippen LogP contribution in [0.4, 0.5) is 5.95 Å². The summed E-state index contributed by atoms with van der Waals surface area (Å²) in [6, 6.07) is 9.70. The minimum atomic E-state index is 0.267. The number of aromatic nitrogens is 2. The SMILES string of the molecule is NC(=S)c1ccnc(NCc2cccc(Br)c2)n1. The zero-order valence-electron chi connectivity index (χ0n) is 9.43. The minimum Gasteiger partial charge on any atom is -0.388 e. The summed E-state index contributed by atoms with van der Waals surface area (Å²) in [6.07, 6.45) is 1.63. The van der Waals surface area contributed by atoms with Gasteiger partial charge >= 0.3 is 0 Å². The topological polar surface area (TPSA) is 63.8 Å². The van der Waals surface area contributed by atoms with Gasteiger partial charge in [-0.2, -0.15) is 0 Å². The number of nitrogens with one attached hydrogen (secondary N) is 1. The molecular weight excluding hydrogens is 312 g/mol. The lowest BCUT2D eigenvalue weighted by Gasteiger charge is -2.06. The van der Waals surface area contributed by atoms with E-state index in [2.05, 4.69) is 31.2 Å². The van der Waals surface area contributed by atoms with E-state index in [4.69, 9.17) is 18.0 Å². The number of thiocarbonyl (C=S) groups is 1. The van der Waals surface area contributed by atoms with Gasteiger partial charge in [0.25, 0.3) is 0 Å². The van der Waals surface area contributed by atoms with Gasteiger partial charge < -0.3 is 11.1 Å². The second-order valence-electron chi connectivity index (χ2n) is 3.61. The minimum absolute atomic E-state index is 0.267. The van der Waals surface area contributed by atoms with Gasteiger partial charge in [0.1, 0.15) is 10.7 Å². The molecular formula is C12H11BrN4S. The summed E-state index contributed by atoms with van der Waals surface area (Å²) >= 11 is 8.30. The van der Waals surface area contributed by atoms with Crippen molar-refractivity contribution in [3.8, 4) is 0 Å². The average molecular weight is 323 g/mol. The molecule has 0 aliphatic rings. The van der Waals surface area contributed by atoms with E-state index >= 15 is 0 Å². The van der Waals surface area contributed by atoms with Crippen molar-refractivity contribution in [2.75, 3.05) is 5.32 Å². The Morgan fingerprint density at radius 2 is 2.22 bits per heavy atom. The fraction of sp³-hybridized carbons (Fsp3) is 0.0833. The quantitative estimate of drug-likeness (QED) is 0.847. The van der Waals surface area contributed by atoms with Crippen molar-refractivity contribution in [2.45, 2.75) is 6.54 Å². The number of hydrogen-bond donors (Lipinski definition) is 2. The third kappa shape index (κ3) is 3.48. The first-order chi connectivity index (χ1) is 8.65. The molecule has 4 nitrogen and oxygen atoms in total. The second-order valence-corrected chi connectivity index (χ2v) is 4.97. The lowest BCUT2D eigenvalue weighted by Crippen LogP contribution is -2.13. The molecule has 18 heavy (non-hydrogen) atoms. The van der Waals surface area contributed by atoms with Crippen molar-refractivity contribution in [3.05, 3.63) is 52.3 Å². The zero-order valence-corrected chi connectivity index (χ0v) is 11.8. The van der Waals surface area contributed by atoms with E-state index in [1.807, 2.05) is 24.3 Å². The summed E-state index contributed by atoms with van der Waals surface area (Å²) in [5.74, 6) is 0.514. The van der Waals surface area contributed by atoms with Crippen LogP contribution in [-0.4, -0.2) is 15.0 Å². The molecule has 0 fully saturated rings. The first-order valence-corrected chi connectivity index (χ1v) is 6.46. The molecule has 1 heterocycles. The number of nitrogens with two attached hydrogens (primary N) is 1. The highest BCUT2D eigenvalue weighted by molar-refractivity contribution is 9.10. The van der Waals surface area contributed by atoms with Crippen LogP contribution < -0.4 is 11.1 Å². The van der Waals surface area contributed by atoms with E-state index < -0.39 is 0 Å².